The van der Waals surface area contributed by atoms with Crippen LogP contribution >= 0.6 is 0 Å². The van der Waals surface area contributed by atoms with Crippen molar-refractivity contribution < 1.29 is 18.7 Å². The second-order valence-corrected chi connectivity index (χ2v) is 7.50. The van der Waals surface area contributed by atoms with Crippen LogP contribution < -0.4 is 15.5 Å². The summed E-state index contributed by atoms with van der Waals surface area (Å²) < 4.78 is 26.5. The fourth-order valence-electron chi connectivity index (χ4n) is 4.09. The normalized spacial score (nSPS) is 23.5. The van der Waals surface area contributed by atoms with Gasteiger partial charge in [-0.25, -0.2) is 13.6 Å². The number of aliphatic hydroxyl groups excluding tert-OH is 1. The molecule has 2 aromatic carbocycles. The number of aliphatic hydroxyl groups is 1. The molecule has 5 nitrogen and oxygen atoms in total. The Morgan fingerprint density at radius 2 is 2.00 bits per heavy atom. The first-order valence-corrected chi connectivity index (χ1v) is 9.51. The van der Waals surface area contributed by atoms with Gasteiger partial charge < -0.3 is 20.6 Å². The molecule has 0 radical (unpaired) electrons. The summed E-state index contributed by atoms with van der Waals surface area (Å²) in [5.74, 6) is -1.48. The van der Waals surface area contributed by atoms with Crippen molar-refractivity contribution in [1.29, 1.82) is 0 Å². The monoisotopic (exact) mass is 387 g/mol. The average molecular weight is 387 g/mol. The SMILES string of the molecule is O=C(NCC1CCN(c2ccc(F)c(F)c2)C1)NC1c2ccccc2CC1O. The molecule has 2 aliphatic rings. The molecule has 2 amide bonds. The first-order valence-electron chi connectivity index (χ1n) is 9.51. The molecule has 148 valence electrons. The quantitative estimate of drug-likeness (QED) is 0.756. The Morgan fingerprint density at radius 1 is 1.18 bits per heavy atom. The Balaban J connectivity index is 1.28. The molecule has 1 aliphatic heterocycles. The molecule has 1 heterocycles. The van der Waals surface area contributed by atoms with E-state index in [0.29, 0.717) is 25.2 Å². The van der Waals surface area contributed by atoms with Crippen LogP contribution in [0.1, 0.15) is 23.6 Å². The summed E-state index contributed by atoms with van der Waals surface area (Å²) in [6.45, 7) is 1.88. The Labute approximate surface area is 162 Å². The number of carbonyl (C=O) groups excluding carboxylic acids is 1. The van der Waals surface area contributed by atoms with E-state index >= 15 is 0 Å². The first kappa shape index (κ1) is 18.7. The van der Waals surface area contributed by atoms with Crippen molar-refractivity contribution in [3.63, 3.8) is 0 Å². The molecule has 0 spiro atoms. The molecule has 0 bridgehead atoms. The van der Waals surface area contributed by atoms with Gasteiger partial charge in [-0.15, -0.1) is 0 Å². The average Bonchev–Trinajstić information content (AvgIpc) is 3.27. The van der Waals surface area contributed by atoms with Crippen LogP contribution in [0.3, 0.4) is 0 Å². The summed E-state index contributed by atoms with van der Waals surface area (Å²) in [6, 6.07) is 10.9. The third-order valence-corrected chi connectivity index (χ3v) is 5.60. The largest absolute Gasteiger partial charge is 0.390 e. The summed E-state index contributed by atoms with van der Waals surface area (Å²) in [5.41, 5.74) is 2.66. The lowest BCUT2D eigenvalue weighted by Gasteiger charge is -2.20. The summed E-state index contributed by atoms with van der Waals surface area (Å²) >= 11 is 0. The number of nitrogens with zero attached hydrogens (tertiary/aromatic N) is 1. The number of hydrogen-bond acceptors (Lipinski definition) is 3. The Bertz CT molecular complexity index is 876. The van der Waals surface area contributed by atoms with E-state index < -0.39 is 23.8 Å². The van der Waals surface area contributed by atoms with Gasteiger partial charge in [0.2, 0.25) is 0 Å². The maximum atomic E-state index is 13.4. The smallest absolute Gasteiger partial charge is 0.315 e. The van der Waals surface area contributed by atoms with E-state index in [0.717, 1.165) is 30.2 Å². The third kappa shape index (κ3) is 3.80. The second-order valence-electron chi connectivity index (χ2n) is 7.50. The highest BCUT2D eigenvalue weighted by Gasteiger charge is 2.32. The van der Waals surface area contributed by atoms with E-state index in [2.05, 4.69) is 10.6 Å². The van der Waals surface area contributed by atoms with Crippen molar-refractivity contribution in [3.05, 3.63) is 65.2 Å². The Hall–Kier alpha value is -2.67. The summed E-state index contributed by atoms with van der Waals surface area (Å²) in [7, 11) is 0. The fourth-order valence-corrected chi connectivity index (χ4v) is 4.09. The van der Waals surface area contributed by atoms with Gasteiger partial charge in [-0.2, -0.15) is 0 Å². The minimum Gasteiger partial charge on any atom is -0.390 e. The van der Waals surface area contributed by atoms with E-state index in [-0.39, 0.29) is 11.9 Å². The molecule has 1 fully saturated rings. The van der Waals surface area contributed by atoms with Crippen LogP contribution in [0.15, 0.2) is 42.5 Å². The van der Waals surface area contributed by atoms with Crippen molar-refractivity contribution in [2.45, 2.75) is 25.0 Å². The van der Waals surface area contributed by atoms with Gasteiger partial charge in [-0.3, -0.25) is 0 Å². The highest BCUT2D eigenvalue weighted by Crippen LogP contribution is 2.31. The minimum absolute atomic E-state index is 0.222. The summed E-state index contributed by atoms with van der Waals surface area (Å²) in [5, 5.41) is 16.0. The molecule has 1 aliphatic carbocycles. The van der Waals surface area contributed by atoms with Gasteiger partial charge in [-0.1, -0.05) is 24.3 Å². The van der Waals surface area contributed by atoms with Gasteiger partial charge in [0.1, 0.15) is 0 Å². The summed E-state index contributed by atoms with van der Waals surface area (Å²) in [6.07, 6.45) is 0.764. The lowest BCUT2D eigenvalue weighted by molar-refractivity contribution is 0.142. The van der Waals surface area contributed by atoms with Gasteiger partial charge in [0.15, 0.2) is 11.6 Å². The van der Waals surface area contributed by atoms with Crippen LogP contribution in [-0.2, 0) is 6.42 Å². The van der Waals surface area contributed by atoms with Crippen LogP contribution in [0.2, 0.25) is 0 Å². The van der Waals surface area contributed by atoms with E-state index in [1.807, 2.05) is 29.2 Å². The fraction of sp³-hybridized carbons (Fsp3) is 0.381. The standard InChI is InChI=1S/C21H23F2N3O2/c22-17-6-5-15(10-18(17)23)26-8-7-13(12-26)11-24-21(28)25-20-16-4-2-1-3-14(16)9-19(20)27/h1-6,10,13,19-20,27H,7-9,11-12H2,(H2,24,25,28). The number of halogens is 2. The van der Waals surface area contributed by atoms with Crippen LogP contribution in [0.4, 0.5) is 19.3 Å². The van der Waals surface area contributed by atoms with Crippen LogP contribution in [-0.4, -0.2) is 36.9 Å². The van der Waals surface area contributed by atoms with E-state index in [4.69, 9.17) is 0 Å². The maximum Gasteiger partial charge on any atom is 0.315 e. The predicted molar refractivity (Wildman–Crippen MR) is 102 cm³/mol. The number of benzene rings is 2. The Morgan fingerprint density at radius 3 is 2.82 bits per heavy atom. The van der Waals surface area contributed by atoms with Crippen molar-refractivity contribution in [1.82, 2.24) is 10.6 Å². The molecule has 4 rings (SSSR count). The number of urea groups is 1. The molecule has 3 unspecified atom stereocenters. The highest BCUT2D eigenvalue weighted by atomic mass is 19.2. The van der Waals surface area contributed by atoms with Crippen molar-refractivity contribution in [3.8, 4) is 0 Å². The number of carbonyl (C=O) groups is 1. The molecule has 3 atom stereocenters. The molecule has 0 saturated carbocycles. The van der Waals surface area contributed by atoms with E-state index in [9.17, 15) is 18.7 Å². The minimum atomic E-state index is -0.853. The van der Waals surface area contributed by atoms with Gasteiger partial charge in [0.05, 0.1) is 12.1 Å². The molecule has 1 saturated heterocycles. The number of amides is 2. The molecule has 0 aromatic heterocycles. The zero-order chi connectivity index (χ0) is 19.7. The first-order chi connectivity index (χ1) is 13.5. The molecule has 2 aromatic rings. The van der Waals surface area contributed by atoms with Crippen molar-refractivity contribution >= 4 is 11.7 Å². The highest BCUT2D eigenvalue weighted by molar-refractivity contribution is 5.74. The van der Waals surface area contributed by atoms with Crippen LogP contribution in [0.25, 0.3) is 0 Å². The number of fused-ring (bicyclic) bond motifs is 1. The Kier molecular flexibility index (Phi) is 5.17. The maximum absolute atomic E-state index is 13.4. The van der Waals surface area contributed by atoms with Gasteiger partial charge in [-0.05, 0) is 35.6 Å². The zero-order valence-corrected chi connectivity index (χ0v) is 15.4. The van der Waals surface area contributed by atoms with E-state index in [1.165, 1.54) is 6.07 Å². The lowest BCUT2D eigenvalue weighted by atomic mass is 10.1. The van der Waals surface area contributed by atoms with Gasteiger partial charge in [0.25, 0.3) is 0 Å². The molecular weight excluding hydrogens is 364 g/mol. The van der Waals surface area contributed by atoms with Crippen LogP contribution in [0.5, 0.6) is 0 Å². The van der Waals surface area contributed by atoms with Crippen LogP contribution in [0, 0.1) is 17.6 Å². The van der Waals surface area contributed by atoms with Crippen molar-refractivity contribution in [2.24, 2.45) is 5.92 Å². The molecular formula is C21H23F2N3O2. The summed E-state index contributed by atoms with van der Waals surface area (Å²) in [4.78, 5) is 14.3. The van der Waals surface area contributed by atoms with E-state index in [1.54, 1.807) is 6.07 Å². The number of nitrogens with one attached hydrogen (secondary N) is 2. The van der Waals surface area contributed by atoms with Gasteiger partial charge in [0, 0.05) is 37.8 Å². The number of hydrogen-bond donors (Lipinski definition) is 3. The molecule has 7 heteroatoms. The topological polar surface area (TPSA) is 64.6 Å². The molecule has 3 N–H and O–H groups in total. The second kappa shape index (κ2) is 7.75. The molecule has 28 heavy (non-hydrogen) atoms. The lowest BCUT2D eigenvalue weighted by Crippen LogP contribution is -2.42. The third-order valence-electron chi connectivity index (χ3n) is 5.60. The number of anilines is 1. The predicted octanol–water partition coefficient (Wildman–Crippen LogP) is 2.75. The zero-order valence-electron chi connectivity index (χ0n) is 15.4. The number of rotatable bonds is 4. The van der Waals surface area contributed by atoms with Crippen molar-refractivity contribution in [2.75, 3.05) is 24.5 Å². The van der Waals surface area contributed by atoms with Gasteiger partial charge >= 0.3 is 6.03 Å².